The number of carboxylic acids is 1. The van der Waals surface area contributed by atoms with Crippen LogP contribution in [-0.4, -0.2) is 48.5 Å². The minimum atomic E-state index is -4.06. The number of rotatable bonds is 7. The number of benzene rings is 1. The lowest BCUT2D eigenvalue weighted by atomic mass is 10.0. The van der Waals surface area contributed by atoms with Gasteiger partial charge in [0, 0.05) is 0 Å². The van der Waals surface area contributed by atoms with Crippen LogP contribution in [0.2, 0.25) is 0 Å². The SMILES string of the molecule is CCC(CO)(CO)NS(=O)(=O)c1ccc(C)c(C(=O)O)c1. The smallest absolute Gasteiger partial charge is 0.335 e. The van der Waals surface area contributed by atoms with Crippen molar-refractivity contribution in [2.45, 2.75) is 30.7 Å². The Hall–Kier alpha value is -1.48. The Bertz CT molecular complexity index is 613. The predicted octanol–water partition coefficient (Wildman–Crippen LogP) is 0.105. The Balaban J connectivity index is 3.26. The van der Waals surface area contributed by atoms with Gasteiger partial charge in [-0.1, -0.05) is 13.0 Å². The van der Waals surface area contributed by atoms with Gasteiger partial charge >= 0.3 is 5.97 Å². The molecule has 0 spiro atoms. The van der Waals surface area contributed by atoms with Gasteiger partial charge in [-0.3, -0.25) is 0 Å². The number of aliphatic hydroxyl groups is 2. The van der Waals surface area contributed by atoms with Gasteiger partial charge in [0.1, 0.15) is 0 Å². The summed E-state index contributed by atoms with van der Waals surface area (Å²) in [6.45, 7) is 2.03. The molecule has 0 aliphatic carbocycles. The van der Waals surface area contributed by atoms with Crippen LogP contribution in [0.1, 0.15) is 29.3 Å². The van der Waals surface area contributed by atoms with Gasteiger partial charge in [0.2, 0.25) is 10.0 Å². The van der Waals surface area contributed by atoms with Crippen molar-refractivity contribution in [1.29, 1.82) is 0 Å². The Morgan fingerprint density at radius 2 is 1.86 bits per heavy atom. The molecule has 1 aromatic carbocycles. The van der Waals surface area contributed by atoms with Gasteiger partial charge in [0.15, 0.2) is 0 Å². The molecule has 0 unspecified atom stereocenters. The molecule has 0 heterocycles. The van der Waals surface area contributed by atoms with Gasteiger partial charge in [0.05, 0.1) is 29.2 Å². The van der Waals surface area contributed by atoms with Crippen molar-refractivity contribution < 1.29 is 28.5 Å². The highest BCUT2D eigenvalue weighted by Crippen LogP contribution is 2.19. The van der Waals surface area contributed by atoms with Crippen molar-refractivity contribution in [1.82, 2.24) is 4.72 Å². The first kappa shape index (κ1) is 17.6. The molecule has 4 N–H and O–H groups in total. The van der Waals surface area contributed by atoms with Crippen molar-refractivity contribution in [3.63, 3.8) is 0 Å². The molecule has 0 atom stereocenters. The lowest BCUT2D eigenvalue weighted by Gasteiger charge is -2.29. The molecular formula is C13H19NO6S. The van der Waals surface area contributed by atoms with Crippen LogP contribution in [0, 0.1) is 6.92 Å². The third-order valence-electron chi connectivity index (χ3n) is 3.38. The largest absolute Gasteiger partial charge is 0.478 e. The molecule has 0 bridgehead atoms. The number of nitrogens with one attached hydrogen (secondary N) is 1. The maximum Gasteiger partial charge on any atom is 0.335 e. The fourth-order valence-electron chi connectivity index (χ4n) is 1.75. The highest BCUT2D eigenvalue weighted by molar-refractivity contribution is 7.89. The molecule has 0 amide bonds. The van der Waals surface area contributed by atoms with Crippen LogP contribution in [0.15, 0.2) is 23.1 Å². The summed E-state index contributed by atoms with van der Waals surface area (Å²) >= 11 is 0. The second-order valence-electron chi connectivity index (χ2n) is 4.84. The molecular weight excluding hydrogens is 298 g/mol. The number of hydrogen-bond donors (Lipinski definition) is 4. The van der Waals surface area contributed by atoms with Crippen molar-refractivity contribution in [3.8, 4) is 0 Å². The van der Waals surface area contributed by atoms with E-state index in [4.69, 9.17) is 5.11 Å². The zero-order valence-electron chi connectivity index (χ0n) is 11.8. The van der Waals surface area contributed by atoms with Crippen LogP contribution in [0.25, 0.3) is 0 Å². The maximum atomic E-state index is 12.3. The monoisotopic (exact) mass is 317 g/mol. The molecule has 0 saturated heterocycles. The molecule has 0 saturated carbocycles. The zero-order valence-corrected chi connectivity index (χ0v) is 12.6. The molecule has 0 fully saturated rings. The highest BCUT2D eigenvalue weighted by Gasteiger charge is 2.33. The van der Waals surface area contributed by atoms with E-state index < -0.39 is 34.7 Å². The first-order valence-electron chi connectivity index (χ1n) is 6.31. The molecule has 118 valence electrons. The van der Waals surface area contributed by atoms with E-state index in [2.05, 4.69) is 4.72 Å². The van der Waals surface area contributed by atoms with E-state index in [0.29, 0.717) is 5.56 Å². The van der Waals surface area contributed by atoms with E-state index >= 15 is 0 Å². The Morgan fingerprint density at radius 3 is 2.29 bits per heavy atom. The predicted molar refractivity (Wildman–Crippen MR) is 75.7 cm³/mol. The van der Waals surface area contributed by atoms with E-state index in [9.17, 15) is 23.4 Å². The Morgan fingerprint density at radius 1 is 1.29 bits per heavy atom. The number of sulfonamides is 1. The maximum absolute atomic E-state index is 12.3. The quantitative estimate of drug-likeness (QED) is 0.565. The average molecular weight is 317 g/mol. The van der Waals surface area contributed by atoms with E-state index in [1.54, 1.807) is 13.8 Å². The van der Waals surface area contributed by atoms with Crippen LogP contribution in [0.4, 0.5) is 0 Å². The zero-order chi connectivity index (χ0) is 16.3. The first-order valence-corrected chi connectivity index (χ1v) is 7.79. The van der Waals surface area contributed by atoms with E-state index in [-0.39, 0.29) is 16.9 Å². The third-order valence-corrected chi connectivity index (χ3v) is 4.96. The summed E-state index contributed by atoms with van der Waals surface area (Å²) < 4.78 is 26.8. The number of carbonyl (C=O) groups is 1. The summed E-state index contributed by atoms with van der Waals surface area (Å²) in [7, 11) is -4.06. The fraction of sp³-hybridized carbons (Fsp3) is 0.462. The number of aliphatic hydroxyl groups excluding tert-OH is 2. The fourth-order valence-corrected chi connectivity index (χ4v) is 3.23. The summed E-state index contributed by atoms with van der Waals surface area (Å²) in [5, 5.41) is 27.6. The average Bonchev–Trinajstić information content (AvgIpc) is 2.44. The second kappa shape index (κ2) is 6.52. The van der Waals surface area contributed by atoms with Gasteiger partial charge in [-0.15, -0.1) is 0 Å². The van der Waals surface area contributed by atoms with Gasteiger partial charge in [-0.25, -0.2) is 17.9 Å². The summed E-state index contributed by atoms with van der Waals surface area (Å²) in [5.41, 5.74) is -1.06. The number of aromatic carboxylic acids is 1. The Labute approximate surface area is 123 Å². The number of hydrogen-bond acceptors (Lipinski definition) is 5. The van der Waals surface area contributed by atoms with Crippen LogP contribution < -0.4 is 4.72 Å². The normalized spacial score (nSPS) is 12.4. The molecule has 1 rings (SSSR count). The van der Waals surface area contributed by atoms with E-state index in [1.807, 2.05) is 0 Å². The molecule has 0 aromatic heterocycles. The lowest BCUT2D eigenvalue weighted by Crippen LogP contribution is -2.53. The van der Waals surface area contributed by atoms with Gasteiger partial charge < -0.3 is 15.3 Å². The molecule has 0 radical (unpaired) electrons. The van der Waals surface area contributed by atoms with Crippen LogP contribution in [-0.2, 0) is 10.0 Å². The summed E-state index contributed by atoms with van der Waals surface area (Å²) in [5.74, 6) is -1.23. The van der Waals surface area contributed by atoms with Gasteiger partial charge in [0.25, 0.3) is 0 Å². The van der Waals surface area contributed by atoms with Crippen molar-refractivity contribution in [2.24, 2.45) is 0 Å². The first-order chi connectivity index (χ1) is 9.71. The molecule has 1 aromatic rings. The van der Waals surface area contributed by atoms with E-state index in [1.165, 1.54) is 12.1 Å². The summed E-state index contributed by atoms with van der Waals surface area (Å²) in [6, 6.07) is 3.72. The van der Waals surface area contributed by atoms with Gasteiger partial charge in [-0.2, -0.15) is 0 Å². The van der Waals surface area contributed by atoms with Crippen molar-refractivity contribution in [2.75, 3.05) is 13.2 Å². The van der Waals surface area contributed by atoms with Crippen molar-refractivity contribution >= 4 is 16.0 Å². The molecule has 0 aliphatic heterocycles. The topological polar surface area (TPSA) is 124 Å². The summed E-state index contributed by atoms with van der Waals surface area (Å²) in [4.78, 5) is 10.8. The molecule has 0 aliphatic rings. The Kier molecular flexibility index (Phi) is 5.46. The molecule has 7 nitrogen and oxygen atoms in total. The van der Waals surface area contributed by atoms with Gasteiger partial charge in [-0.05, 0) is 31.0 Å². The van der Waals surface area contributed by atoms with Crippen LogP contribution in [0.3, 0.4) is 0 Å². The van der Waals surface area contributed by atoms with Crippen molar-refractivity contribution in [3.05, 3.63) is 29.3 Å². The standard InChI is InChI=1S/C13H19NO6S/c1-3-13(7-15,8-16)14-21(19,20)10-5-4-9(2)11(6-10)12(17)18/h4-6,14-16H,3,7-8H2,1-2H3,(H,17,18). The second-order valence-corrected chi connectivity index (χ2v) is 6.52. The lowest BCUT2D eigenvalue weighted by molar-refractivity contribution is 0.0695. The number of aryl methyl sites for hydroxylation is 1. The minimum absolute atomic E-state index is 0.118. The van der Waals surface area contributed by atoms with Crippen LogP contribution >= 0.6 is 0 Å². The molecule has 8 heteroatoms. The third kappa shape index (κ3) is 3.79. The van der Waals surface area contributed by atoms with Crippen LogP contribution in [0.5, 0.6) is 0 Å². The minimum Gasteiger partial charge on any atom is -0.478 e. The molecule has 21 heavy (non-hydrogen) atoms. The highest BCUT2D eigenvalue weighted by atomic mass is 32.2. The number of carboxylic acid groups (broad SMARTS) is 1. The summed E-state index contributed by atoms with van der Waals surface area (Å²) in [6.07, 6.45) is 0.177. The van der Waals surface area contributed by atoms with E-state index in [0.717, 1.165) is 6.07 Å².